The van der Waals surface area contributed by atoms with E-state index < -0.39 is 0 Å². The third-order valence-electron chi connectivity index (χ3n) is 5.16. The SMILES string of the molecule is Cc1cc(-c2cnc3nc(NC4CCNCC4)sc3c2)cc2cn(C)nc12.Cl. The predicted octanol–water partition coefficient (Wildman–Crippen LogP) is 4.14. The van der Waals surface area contributed by atoms with E-state index in [0.29, 0.717) is 6.04 Å². The number of aromatic nitrogens is 4. The fourth-order valence-corrected chi connectivity index (χ4v) is 4.72. The molecule has 0 bridgehead atoms. The van der Waals surface area contributed by atoms with Crippen LogP contribution < -0.4 is 10.6 Å². The van der Waals surface area contributed by atoms with E-state index in [2.05, 4.69) is 57.0 Å². The molecule has 6 nitrogen and oxygen atoms in total. The molecule has 0 unspecified atom stereocenters. The predicted molar refractivity (Wildman–Crippen MR) is 119 cm³/mol. The van der Waals surface area contributed by atoms with Gasteiger partial charge in [-0.2, -0.15) is 5.10 Å². The van der Waals surface area contributed by atoms with Gasteiger partial charge in [0.15, 0.2) is 10.8 Å². The number of aryl methyl sites for hydroxylation is 2. The second kappa shape index (κ2) is 7.66. The Morgan fingerprint density at radius 1 is 1.18 bits per heavy atom. The van der Waals surface area contributed by atoms with Crippen molar-refractivity contribution in [2.45, 2.75) is 25.8 Å². The van der Waals surface area contributed by atoms with Gasteiger partial charge in [-0.25, -0.2) is 9.97 Å². The van der Waals surface area contributed by atoms with Crippen LogP contribution in [0.3, 0.4) is 0 Å². The monoisotopic (exact) mass is 414 g/mol. The van der Waals surface area contributed by atoms with Crippen LogP contribution in [0.25, 0.3) is 32.4 Å². The summed E-state index contributed by atoms with van der Waals surface area (Å²) in [6.07, 6.45) is 6.26. The van der Waals surface area contributed by atoms with Crippen LogP contribution in [0.2, 0.25) is 0 Å². The molecule has 0 saturated carbocycles. The van der Waals surface area contributed by atoms with Crippen molar-refractivity contribution in [3.63, 3.8) is 0 Å². The second-order valence-electron chi connectivity index (χ2n) is 7.27. The van der Waals surface area contributed by atoms with Gasteiger partial charge in [-0.1, -0.05) is 11.3 Å². The number of hydrogen-bond donors (Lipinski definition) is 2. The van der Waals surface area contributed by atoms with Crippen LogP contribution in [0.15, 0.2) is 30.6 Å². The lowest BCUT2D eigenvalue weighted by Gasteiger charge is -2.23. The lowest BCUT2D eigenvalue weighted by Crippen LogP contribution is -2.35. The van der Waals surface area contributed by atoms with Crippen LogP contribution in [0.5, 0.6) is 0 Å². The molecule has 0 atom stereocenters. The van der Waals surface area contributed by atoms with E-state index in [-0.39, 0.29) is 12.4 Å². The van der Waals surface area contributed by atoms with Crippen molar-refractivity contribution in [2.24, 2.45) is 7.05 Å². The Kier molecular flexibility index (Phi) is 5.23. The van der Waals surface area contributed by atoms with E-state index >= 15 is 0 Å². The largest absolute Gasteiger partial charge is 0.359 e. The summed E-state index contributed by atoms with van der Waals surface area (Å²) < 4.78 is 2.98. The molecular weight excluding hydrogens is 392 g/mol. The smallest absolute Gasteiger partial charge is 0.185 e. The minimum absolute atomic E-state index is 0. The summed E-state index contributed by atoms with van der Waals surface area (Å²) in [5, 5.41) is 13.6. The maximum atomic E-state index is 4.67. The van der Waals surface area contributed by atoms with Crippen molar-refractivity contribution >= 4 is 50.1 Å². The molecule has 4 heterocycles. The molecule has 1 fully saturated rings. The Morgan fingerprint density at radius 2 is 2.00 bits per heavy atom. The van der Waals surface area contributed by atoms with Gasteiger partial charge >= 0.3 is 0 Å². The zero-order valence-electron chi connectivity index (χ0n) is 15.9. The molecule has 5 rings (SSSR count). The zero-order chi connectivity index (χ0) is 18.4. The topological polar surface area (TPSA) is 67.7 Å². The zero-order valence-corrected chi connectivity index (χ0v) is 17.5. The van der Waals surface area contributed by atoms with Gasteiger partial charge in [-0.15, -0.1) is 12.4 Å². The van der Waals surface area contributed by atoms with Gasteiger partial charge < -0.3 is 10.6 Å². The van der Waals surface area contributed by atoms with Gasteiger partial charge in [-0.3, -0.25) is 4.68 Å². The molecule has 3 aromatic heterocycles. The summed E-state index contributed by atoms with van der Waals surface area (Å²) in [7, 11) is 1.96. The molecule has 8 heteroatoms. The maximum Gasteiger partial charge on any atom is 0.185 e. The van der Waals surface area contributed by atoms with Gasteiger partial charge in [-0.05, 0) is 62.2 Å². The van der Waals surface area contributed by atoms with Gasteiger partial charge in [0.2, 0.25) is 0 Å². The average Bonchev–Trinajstić information content (AvgIpc) is 3.24. The summed E-state index contributed by atoms with van der Waals surface area (Å²) in [5.41, 5.74) is 5.35. The van der Waals surface area contributed by atoms with Crippen LogP contribution in [-0.2, 0) is 7.05 Å². The van der Waals surface area contributed by atoms with Crippen molar-refractivity contribution in [1.82, 2.24) is 25.1 Å². The summed E-state index contributed by atoms with van der Waals surface area (Å²) in [6, 6.07) is 7.08. The number of halogens is 1. The van der Waals surface area contributed by atoms with E-state index in [1.807, 2.05) is 17.9 Å². The van der Waals surface area contributed by atoms with Crippen LogP contribution in [0, 0.1) is 6.92 Å². The molecule has 4 aromatic rings. The van der Waals surface area contributed by atoms with Crippen LogP contribution in [0.4, 0.5) is 5.13 Å². The van der Waals surface area contributed by atoms with E-state index in [1.54, 1.807) is 11.3 Å². The molecule has 1 aliphatic rings. The highest BCUT2D eigenvalue weighted by molar-refractivity contribution is 7.22. The minimum Gasteiger partial charge on any atom is -0.359 e. The number of benzene rings is 1. The molecule has 1 saturated heterocycles. The third-order valence-corrected chi connectivity index (χ3v) is 6.08. The van der Waals surface area contributed by atoms with Crippen molar-refractivity contribution in [1.29, 1.82) is 0 Å². The number of thiazole rings is 1. The highest BCUT2D eigenvalue weighted by Crippen LogP contribution is 2.32. The van der Waals surface area contributed by atoms with Gasteiger partial charge in [0.25, 0.3) is 0 Å². The lowest BCUT2D eigenvalue weighted by molar-refractivity contribution is 0.479. The first-order valence-electron chi connectivity index (χ1n) is 9.34. The number of hydrogen-bond acceptors (Lipinski definition) is 6. The molecule has 28 heavy (non-hydrogen) atoms. The van der Waals surface area contributed by atoms with Gasteiger partial charge in [0, 0.05) is 36.4 Å². The molecule has 0 amide bonds. The van der Waals surface area contributed by atoms with Crippen LogP contribution in [0.1, 0.15) is 18.4 Å². The Morgan fingerprint density at radius 3 is 2.82 bits per heavy atom. The van der Waals surface area contributed by atoms with E-state index in [1.165, 1.54) is 11.1 Å². The molecule has 0 radical (unpaired) electrons. The first-order valence-corrected chi connectivity index (χ1v) is 10.2. The molecule has 146 valence electrons. The number of fused-ring (bicyclic) bond motifs is 2. The third kappa shape index (κ3) is 3.57. The number of nitrogens with zero attached hydrogens (tertiary/aromatic N) is 4. The number of rotatable bonds is 3. The molecule has 1 aliphatic heterocycles. The fraction of sp³-hybridized carbons (Fsp3) is 0.350. The molecule has 0 spiro atoms. The van der Waals surface area contributed by atoms with E-state index in [9.17, 15) is 0 Å². The second-order valence-corrected chi connectivity index (χ2v) is 8.30. The first kappa shape index (κ1) is 19.1. The number of anilines is 1. The molecule has 2 N–H and O–H groups in total. The quantitative estimate of drug-likeness (QED) is 0.527. The summed E-state index contributed by atoms with van der Waals surface area (Å²) in [5.74, 6) is 0. The lowest BCUT2D eigenvalue weighted by atomic mass is 10.0. The number of nitrogens with one attached hydrogen (secondary N) is 2. The number of piperidine rings is 1. The molecular formula is C20H23ClN6S. The van der Waals surface area contributed by atoms with Gasteiger partial charge in [0.1, 0.15) is 0 Å². The van der Waals surface area contributed by atoms with Gasteiger partial charge in [0.05, 0.1) is 10.2 Å². The fourth-order valence-electron chi connectivity index (χ4n) is 3.78. The Bertz CT molecular complexity index is 1130. The van der Waals surface area contributed by atoms with Crippen molar-refractivity contribution in [2.75, 3.05) is 18.4 Å². The normalized spacial score (nSPS) is 15.1. The highest BCUT2D eigenvalue weighted by Gasteiger charge is 2.15. The van der Waals surface area contributed by atoms with Crippen molar-refractivity contribution < 1.29 is 0 Å². The van der Waals surface area contributed by atoms with E-state index in [4.69, 9.17) is 0 Å². The standard InChI is InChI=1S/C20H22N6S.ClH/c1-12-7-13(8-15-11-26(2)25-18(12)15)14-9-17-19(22-10-14)24-20(27-17)23-16-3-5-21-6-4-16;/h7-11,16,21H,3-6H2,1-2H3,(H,22,23,24);1H. The Hall–Kier alpha value is -2.22. The highest BCUT2D eigenvalue weighted by atomic mass is 35.5. The summed E-state index contributed by atoms with van der Waals surface area (Å²) >= 11 is 1.69. The van der Waals surface area contributed by atoms with Crippen molar-refractivity contribution in [3.8, 4) is 11.1 Å². The van der Waals surface area contributed by atoms with E-state index in [0.717, 1.165) is 57.9 Å². The maximum absolute atomic E-state index is 4.67. The van der Waals surface area contributed by atoms with Crippen molar-refractivity contribution in [3.05, 3.63) is 36.2 Å². The molecule has 0 aliphatic carbocycles. The first-order chi connectivity index (χ1) is 13.2. The van der Waals surface area contributed by atoms with Crippen LogP contribution >= 0.6 is 23.7 Å². The number of pyridine rings is 1. The Labute approximate surface area is 173 Å². The minimum atomic E-state index is 0. The van der Waals surface area contributed by atoms with Crippen LogP contribution in [-0.4, -0.2) is 38.9 Å². The summed E-state index contributed by atoms with van der Waals surface area (Å²) in [4.78, 5) is 9.29. The Balaban J connectivity index is 0.00000192. The summed E-state index contributed by atoms with van der Waals surface area (Å²) in [6.45, 7) is 4.25. The average molecular weight is 415 g/mol. The molecule has 1 aromatic carbocycles.